The minimum Gasteiger partial charge on any atom is -0.406 e. The number of hydrogen-bond donors (Lipinski definition) is 1. The van der Waals surface area contributed by atoms with Crippen LogP contribution in [0.3, 0.4) is 0 Å². The van der Waals surface area contributed by atoms with Crippen molar-refractivity contribution in [3.05, 3.63) is 53.9 Å². The molecule has 10 heteroatoms. The predicted molar refractivity (Wildman–Crippen MR) is 107 cm³/mol. The lowest BCUT2D eigenvalue weighted by Crippen LogP contribution is -2.41. The van der Waals surface area contributed by atoms with E-state index in [0.29, 0.717) is 17.5 Å². The third-order valence-corrected chi connectivity index (χ3v) is 5.24. The zero-order valence-corrected chi connectivity index (χ0v) is 16.7. The van der Waals surface area contributed by atoms with Crippen molar-refractivity contribution < 1.29 is 27.5 Å². The summed E-state index contributed by atoms with van der Waals surface area (Å²) in [5.74, 6) is -0.415. The first kappa shape index (κ1) is 20.7. The average molecular weight is 432 g/mol. The van der Waals surface area contributed by atoms with Crippen LogP contribution < -0.4 is 15.0 Å². The van der Waals surface area contributed by atoms with E-state index in [1.807, 2.05) is 18.5 Å². The third kappa shape index (κ3) is 4.18. The summed E-state index contributed by atoms with van der Waals surface area (Å²) >= 11 is 0. The lowest BCUT2D eigenvalue weighted by Gasteiger charge is -2.18. The highest BCUT2D eigenvalue weighted by molar-refractivity contribution is 6.04. The van der Waals surface area contributed by atoms with Crippen LogP contribution in [0, 0.1) is 6.92 Å². The van der Waals surface area contributed by atoms with Crippen LogP contribution >= 0.6 is 0 Å². The van der Waals surface area contributed by atoms with Gasteiger partial charge < -0.3 is 19.5 Å². The molecule has 0 radical (unpaired) electrons. The normalized spacial score (nSPS) is 16.7. The van der Waals surface area contributed by atoms with Crippen LogP contribution in [-0.4, -0.2) is 40.3 Å². The van der Waals surface area contributed by atoms with Crippen molar-refractivity contribution in [3.8, 4) is 5.75 Å². The van der Waals surface area contributed by atoms with Gasteiger partial charge in [-0.25, -0.2) is 4.98 Å². The molecule has 2 heterocycles. The van der Waals surface area contributed by atoms with Gasteiger partial charge in [0.1, 0.15) is 17.6 Å². The second-order valence-corrected chi connectivity index (χ2v) is 7.27. The molecular formula is C21H19F3N4O3. The molecule has 0 bridgehead atoms. The summed E-state index contributed by atoms with van der Waals surface area (Å²) < 4.78 is 43.2. The van der Waals surface area contributed by atoms with E-state index in [9.17, 15) is 22.8 Å². The minimum atomic E-state index is -4.82. The average Bonchev–Trinajstić information content (AvgIpc) is 3.20. The van der Waals surface area contributed by atoms with E-state index >= 15 is 0 Å². The number of nitrogens with zero attached hydrogens (tertiary/aromatic N) is 3. The van der Waals surface area contributed by atoms with Crippen molar-refractivity contribution >= 4 is 28.5 Å². The van der Waals surface area contributed by atoms with Gasteiger partial charge in [-0.05, 0) is 43.7 Å². The van der Waals surface area contributed by atoms with Gasteiger partial charge in [0.05, 0.1) is 11.0 Å². The number of aryl methyl sites for hydroxylation is 2. The van der Waals surface area contributed by atoms with Crippen LogP contribution in [0.1, 0.15) is 22.6 Å². The summed E-state index contributed by atoms with van der Waals surface area (Å²) in [6.45, 7) is 2.12. The molecule has 1 N–H and O–H groups in total. The highest BCUT2D eigenvalue weighted by Crippen LogP contribution is 2.29. The molecule has 3 aromatic rings. The summed E-state index contributed by atoms with van der Waals surface area (Å²) in [7, 11) is 1.88. The van der Waals surface area contributed by atoms with Gasteiger partial charge in [-0.15, -0.1) is 13.2 Å². The van der Waals surface area contributed by atoms with E-state index in [2.05, 4.69) is 15.0 Å². The molecule has 1 fully saturated rings. The largest absolute Gasteiger partial charge is 0.573 e. The second-order valence-electron chi connectivity index (χ2n) is 7.27. The Morgan fingerprint density at radius 1 is 1.23 bits per heavy atom. The van der Waals surface area contributed by atoms with Crippen LogP contribution in [0.5, 0.6) is 5.75 Å². The van der Waals surface area contributed by atoms with Crippen molar-refractivity contribution in [1.29, 1.82) is 0 Å². The number of imidazole rings is 1. The SMILES string of the molecule is Cc1nc2cc(C(=O)NC3CCN(c4cccc(OC(F)(F)F)c4)C3=O)ccc2n1C. The van der Waals surface area contributed by atoms with E-state index in [1.165, 1.54) is 17.0 Å². The number of rotatable bonds is 4. The number of carbonyl (C=O) groups excluding carboxylic acids is 2. The number of carbonyl (C=O) groups is 2. The standard InChI is InChI=1S/C21H19F3N4O3/c1-12-25-17-10-13(6-7-18(17)27(12)2)19(29)26-16-8-9-28(20(16)30)14-4-3-5-15(11-14)31-21(22,23)24/h3-7,10-11,16H,8-9H2,1-2H3,(H,26,29). The van der Waals surface area contributed by atoms with Gasteiger partial charge in [0.2, 0.25) is 5.91 Å². The molecule has 2 amide bonds. The number of halogens is 3. The number of benzene rings is 2. The molecule has 4 rings (SSSR count). The molecule has 1 unspecified atom stereocenters. The summed E-state index contributed by atoms with van der Waals surface area (Å²) in [4.78, 5) is 31.2. The van der Waals surface area contributed by atoms with Crippen LogP contribution in [0.25, 0.3) is 11.0 Å². The molecule has 0 saturated carbocycles. The van der Waals surface area contributed by atoms with E-state index in [0.717, 1.165) is 23.5 Å². The summed E-state index contributed by atoms with van der Waals surface area (Å²) in [5.41, 5.74) is 2.21. The fourth-order valence-corrected chi connectivity index (χ4v) is 3.62. The maximum atomic E-state index is 12.8. The molecule has 31 heavy (non-hydrogen) atoms. The van der Waals surface area contributed by atoms with Crippen LogP contribution in [0.15, 0.2) is 42.5 Å². The lowest BCUT2D eigenvalue weighted by atomic mass is 10.1. The van der Waals surface area contributed by atoms with Gasteiger partial charge >= 0.3 is 6.36 Å². The zero-order chi connectivity index (χ0) is 22.3. The molecule has 1 atom stereocenters. The molecule has 162 valence electrons. The molecule has 2 aromatic carbocycles. The maximum absolute atomic E-state index is 12.8. The van der Waals surface area contributed by atoms with Gasteiger partial charge in [-0.3, -0.25) is 9.59 Å². The number of hydrogen-bond acceptors (Lipinski definition) is 4. The van der Waals surface area contributed by atoms with Crippen molar-refractivity contribution in [1.82, 2.24) is 14.9 Å². The quantitative estimate of drug-likeness (QED) is 0.686. The Labute approximate surface area is 175 Å². The topological polar surface area (TPSA) is 76.5 Å². The van der Waals surface area contributed by atoms with Gasteiger partial charge in [0.15, 0.2) is 0 Å². The fourth-order valence-electron chi connectivity index (χ4n) is 3.62. The maximum Gasteiger partial charge on any atom is 0.573 e. The summed E-state index contributed by atoms with van der Waals surface area (Å²) in [5, 5.41) is 2.71. The molecule has 0 spiro atoms. The van der Waals surface area contributed by atoms with Crippen molar-refractivity contribution in [3.63, 3.8) is 0 Å². The van der Waals surface area contributed by atoms with Gasteiger partial charge in [0.25, 0.3) is 5.91 Å². The molecule has 1 aliphatic heterocycles. The van der Waals surface area contributed by atoms with E-state index in [-0.39, 0.29) is 12.2 Å². The molecular weight excluding hydrogens is 413 g/mol. The Morgan fingerprint density at radius 2 is 2.00 bits per heavy atom. The number of alkyl halides is 3. The van der Waals surface area contributed by atoms with Crippen LogP contribution in [0.4, 0.5) is 18.9 Å². The van der Waals surface area contributed by atoms with Gasteiger partial charge in [0, 0.05) is 30.9 Å². The van der Waals surface area contributed by atoms with Crippen molar-refractivity contribution in [2.24, 2.45) is 7.05 Å². The molecule has 0 aliphatic carbocycles. The van der Waals surface area contributed by atoms with Gasteiger partial charge in [-0.2, -0.15) is 0 Å². The number of nitrogens with one attached hydrogen (secondary N) is 1. The Hall–Kier alpha value is -3.56. The van der Waals surface area contributed by atoms with E-state index in [4.69, 9.17) is 0 Å². The lowest BCUT2D eigenvalue weighted by molar-refractivity contribution is -0.274. The first-order valence-corrected chi connectivity index (χ1v) is 9.53. The zero-order valence-electron chi connectivity index (χ0n) is 16.7. The fraction of sp³-hybridized carbons (Fsp3) is 0.286. The number of anilines is 1. The number of amides is 2. The smallest absolute Gasteiger partial charge is 0.406 e. The summed E-state index contributed by atoms with van der Waals surface area (Å²) in [6.07, 6.45) is -4.49. The van der Waals surface area contributed by atoms with Gasteiger partial charge in [-0.1, -0.05) is 6.07 Å². The molecule has 7 nitrogen and oxygen atoms in total. The van der Waals surface area contributed by atoms with Crippen molar-refractivity contribution in [2.45, 2.75) is 25.7 Å². The Bertz CT molecular complexity index is 1170. The van der Waals surface area contributed by atoms with Crippen LogP contribution in [-0.2, 0) is 11.8 Å². The minimum absolute atomic E-state index is 0.262. The second kappa shape index (κ2) is 7.60. The molecule has 1 aromatic heterocycles. The van der Waals surface area contributed by atoms with E-state index in [1.54, 1.807) is 18.2 Å². The first-order valence-electron chi connectivity index (χ1n) is 9.53. The number of fused-ring (bicyclic) bond motifs is 1. The molecule has 1 aliphatic rings. The third-order valence-electron chi connectivity index (χ3n) is 5.24. The Morgan fingerprint density at radius 3 is 2.74 bits per heavy atom. The number of aromatic nitrogens is 2. The monoisotopic (exact) mass is 432 g/mol. The highest BCUT2D eigenvalue weighted by Gasteiger charge is 2.35. The first-order chi connectivity index (χ1) is 14.6. The highest BCUT2D eigenvalue weighted by atomic mass is 19.4. The van der Waals surface area contributed by atoms with Crippen LogP contribution in [0.2, 0.25) is 0 Å². The van der Waals surface area contributed by atoms with E-state index < -0.39 is 30.0 Å². The summed E-state index contributed by atoms with van der Waals surface area (Å²) in [6, 6.07) is 9.53. The number of ether oxygens (including phenoxy) is 1. The molecule has 1 saturated heterocycles. The van der Waals surface area contributed by atoms with Crippen molar-refractivity contribution in [2.75, 3.05) is 11.4 Å². The Kier molecular flexibility index (Phi) is 5.08. The Balaban J connectivity index is 1.47. The predicted octanol–water partition coefficient (Wildman–Crippen LogP) is 3.32.